The van der Waals surface area contributed by atoms with Crippen LogP contribution in [-0.2, 0) is 11.2 Å². The number of hydrogen-bond donors (Lipinski definition) is 2. The molecule has 0 aromatic carbocycles. The third-order valence-corrected chi connectivity index (χ3v) is 4.57. The van der Waals surface area contributed by atoms with Crippen LogP contribution in [0.4, 0.5) is 0 Å². The number of carbonyl (C=O) groups excluding carboxylic acids is 1. The van der Waals surface area contributed by atoms with E-state index in [1.54, 1.807) is 0 Å². The quantitative estimate of drug-likeness (QED) is 0.866. The van der Waals surface area contributed by atoms with Crippen LogP contribution in [0.5, 0.6) is 0 Å². The third kappa shape index (κ3) is 3.78. The smallest absolute Gasteiger partial charge is 0.261 e. The van der Waals surface area contributed by atoms with Gasteiger partial charge in [0, 0.05) is 19.8 Å². The van der Waals surface area contributed by atoms with E-state index in [0.717, 1.165) is 29.7 Å². The minimum absolute atomic E-state index is 0.0713. The van der Waals surface area contributed by atoms with E-state index in [1.165, 1.54) is 11.3 Å². The molecule has 0 bridgehead atoms. The molecule has 2 heterocycles. The molecule has 1 aromatic rings. The highest BCUT2D eigenvalue weighted by Crippen LogP contribution is 2.19. The van der Waals surface area contributed by atoms with E-state index in [2.05, 4.69) is 5.32 Å². The molecule has 0 aliphatic carbocycles. The number of amides is 1. The van der Waals surface area contributed by atoms with Gasteiger partial charge in [0.25, 0.3) is 5.91 Å². The van der Waals surface area contributed by atoms with Gasteiger partial charge in [-0.05, 0) is 42.2 Å². The standard InChI is InChI=1S/C14H21NO3S/c1-2-10-5-8-19-13(10)14(17)15-9-12(16)11-3-6-18-7-4-11/h5,8,11-12,16H,2-4,6-7,9H2,1H3,(H,15,17). The number of aliphatic hydroxyl groups is 1. The summed E-state index contributed by atoms with van der Waals surface area (Å²) >= 11 is 1.46. The van der Waals surface area contributed by atoms with Gasteiger partial charge in [0.15, 0.2) is 0 Å². The van der Waals surface area contributed by atoms with Gasteiger partial charge in [-0.3, -0.25) is 4.79 Å². The second-order valence-corrected chi connectivity index (χ2v) is 5.77. The second kappa shape index (κ2) is 7.03. The molecular weight excluding hydrogens is 262 g/mol. The van der Waals surface area contributed by atoms with Gasteiger partial charge >= 0.3 is 0 Å². The van der Waals surface area contributed by atoms with Crippen molar-refractivity contribution in [2.75, 3.05) is 19.8 Å². The lowest BCUT2D eigenvalue weighted by Crippen LogP contribution is -2.38. The average molecular weight is 283 g/mol. The molecule has 0 radical (unpaired) electrons. The summed E-state index contributed by atoms with van der Waals surface area (Å²) in [5.41, 5.74) is 1.07. The van der Waals surface area contributed by atoms with Crippen molar-refractivity contribution in [3.63, 3.8) is 0 Å². The van der Waals surface area contributed by atoms with Gasteiger partial charge in [0.1, 0.15) is 0 Å². The number of nitrogens with one attached hydrogen (secondary N) is 1. The van der Waals surface area contributed by atoms with Crippen LogP contribution < -0.4 is 5.32 Å². The maximum Gasteiger partial charge on any atom is 0.261 e. The maximum atomic E-state index is 12.0. The van der Waals surface area contributed by atoms with Crippen molar-refractivity contribution in [3.05, 3.63) is 21.9 Å². The average Bonchev–Trinajstić information content (AvgIpc) is 2.93. The molecule has 2 rings (SSSR count). The number of carbonyl (C=O) groups is 1. The lowest BCUT2D eigenvalue weighted by Gasteiger charge is -2.26. The number of aryl methyl sites for hydroxylation is 1. The molecule has 1 fully saturated rings. The van der Waals surface area contributed by atoms with Crippen molar-refractivity contribution < 1.29 is 14.6 Å². The van der Waals surface area contributed by atoms with Gasteiger partial charge in [0.2, 0.25) is 0 Å². The normalized spacial score (nSPS) is 18.2. The van der Waals surface area contributed by atoms with Crippen LogP contribution >= 0.6 is 11.3 Å². The van der Waals surface area contributed by atoms with E-state index >= 15 is 0 Å². The predicted molar refractivity (Wildman–Crippen MR) is 75.6 cm³/mol. The fraction of sp³-hybridized carbons (Fsp3) is 0.643. The van der Waals surface area contributed by atoms with Crippen LogP contribution in [0, 0.1) is 5.92 Å². The SMILES string of the molecule is CCc1ccsc1C(=O)NCC(O)C1CCOCC1. The van der Waals surface area contributed by atoms with E-state index in [9.17, 15) is 9.90 Å². The topological polar surface area (TPSA) is 58.6 Å². The molecule has 19 heavy (non-hydrogen) atoms. The fourth-order valence-corrected chi connectivity index (χ4v) is 3.27. The Balaban J connectivity index is 1.82. The van der Waals surface area contributed by atoms with Crippen LogP contribution in [0.2, 0.25) is 0 Å². The van der Waals surface area contributed by atoms with Gasteiger partial charge in [-0.15, -0.1) is 11.3 Å². The molecule has 1 saturated heterocycles. The first kappa shape index (κ1) is 14.5. The lowest BCUT2D eigenvalue weighted by molar-refractivity contribution is 0.00874. The number of thiophene rings is 1. The zero-order chi connectivity index (χ0) is 13.7. The van der Waals surface area contributed by atoms with Gasteiger partial charge in [-0.1, -0.05) is 6.92 Å². The highest BCUT2D eigenvalue weighted by atomic mass is 32.1. The number of ether oxygens (including phenoxy) is 1. The third-order valence-electron chi connectivity index (χ3n) is 3.62. The molecule has 5 heteroatoms. The Kier molecular flexibility index (Phi) is 5.36. The Hall–Kier alpha value is -0.910. The molecular formula is C14H21NO3S. The Morgan fingerprint density at radius 2 is 2.32 bits per heavy atom. The Morgan fingerprint density at radius 1 is 1.58 bits per heavy atom. The van der Waals surface area contributed by atoms with Gasteiger partial charge in [0.05, 0.1) is 11.0 Å². The van der Waals surface area contributed by atoms with Crippen LogP contribution in [0.1, 0.15) is 35.0 Å². The summed E-state index contributed by atoms with van der Waals surface area (Å²) in [5, 5.41) is 14.9. The van der Waals surface area contributed by atoms with E-state index in [-0.39, 0.29) is 11.8 Å². The monoisotopic (exact) mass is 283 g/mol. The summed E-state index contributed by atoms with van der Waals surface area (Å²) in [6.45, 7) is 3.78. The molecule has 1 atom stereocenters. The van der Waals surface area contributed by atoms with E-state index < -0.39 is 6.10 Å². The highest BCUT2D eigenvalue weighted by Gasteiger charge is 2.23. The molecule has 0 saturated carbocycles. The molecule has 1 aliphatic heterocycles. The summed E-state index contributed by atoms with van der Waals surface area (Å²) in [6, 6.07) is 1.98. The largest absolute Gasteiger partial charge is 0.391 e. The lowest BCUT2D eigenvalue weighted by atomic mass is 9.94. The first-order valence-electron chi connectivity index (χ1n) is 6.82. The zero-order valence-electron chi connectivity index (χ0n) is 11.2. The molecule has 2 N–H and O–H groups in total. The van der Waals surface area contributed by atoms with E-state index in [4.69, 9.17) is 4.74 Å². The van der Waals surface area contributed by atoms with E-state index in [1.807, 2.05) is 18.4 Å². The van der Waals surface area contributed by atoms with Crippen LogP contribution in [0.3, 0.4) is 0 Å². The van der Waals surface area contributed by atoms with Crippen molar-refractivity contribution in [1.82, 2.24) is 5.32 Å². The van der Waals surface area contributed by atoms with Crippen molar-refractivity contribution in [2.24, 2.45) is 5.92 Å². The summed E-state index contributed by atoms with van der Waals surface area (Å²) in [7, 11) is 0. The van der Waals surface area contributed by atoms with Crippen molar-refractivity contribution in [2.45, 2.75) is 32.3 Å². The molecule has 106 valence electrons. The van der Waals surface area contributed by atoms with Crippen molar-refractivity contribution in [1.29, 1.82) is 0 Å². The molecule has 1 aliphatic rings. The maximum absolute atomic E-state index is 12.0. The van der Waals surface area contributed by atoms with Gasteiger partial charge in [-0.25, -0.2) is 0 Å². The Bertz CT molecular complexity index is 413. The summed E-state index contributed by atoms with van der Waals surface area (Å²) in [4.78, 5) is 12.8. The molecule has 1 amide bonds. The minimum atomic E-state index is -0.474. The zero-order valence-corrected chi connectivity index (χ0v) is 12.0. The number of hydrogen-bond acceptors (Lipinski definition) is 4. The predicted octanol–water partition coefficient (Wildman–Crippen LogP) is 1.83. The minimum Gasteiger partial charge on any atom is -0.391 e. The van der Waals surface area contributed by atoms with Gasteiger partial charge in [-0.2, -0.15) is 0 Å². The number of aliphatic hydroxyl groups excluding tert-OH is 1. The van der Waals surface area contributed by atoms with Crippen LogP contribution in [-0.4, -0.2) is 36.9 Å². The van der Waals surface area contributed by atoms with E-state index in [0.29, 0.717) is 19.8 Å². The second-order valence-electron chi connectivity index (χ2n) is 4.86. The van der Waals surface area contributed by atoms with Gasteiger partial charge < -0.3 is 15.2 Å². The number of rotatable bonds is 5. The molecule has 4 nitrogen and oxygen atoms in total. The fourth-order valence-electron chi connectivity index (χ4n) is 2.36. The summed E-state index contributed by atoms with van der Waals surface area (Å²) in [5.74, 6) is 0.168. The highest BCUT2D eigenvalue weighted by molar-refractivity contribution is 7.12. The first-order chi connectivity index (χ1) is 9.22. The van der Waals surface area contributed by atoms with Crippen molar-refractivity contribution >= 4 is 17.2 Å². The van der Waals surface area contributed by atoms with Crippen LogP contribution in [0.25, 0.3) is 0 Å². The Morgan fingerprint density at radius 3 is 3.00 bits per heavy atom. The van der Waals surface area contributed by atoms with Crippen molar-refractivity contribution in [3.8, 4) is 0 Å². The molecule has 1 unspecified atom stereocenters. The Labute approximate surface area is 117 Å². The first-order valence-corrected chi connectivity index (χ1v) is 7.70. The van der Waals surface area contributed by atoms with Crippen LogP contribution in [0.15, 0.2) is 11.4 Å². The summed E-state index contributed by atoms with van der Waals surface area (Å²) in [6.07, 6.45) is 2.12. The summed E-state index contributed by atoms with van der Waals surface area (Å²) < 4.78 is 5.27. The molecule has 0 spiro atoms. The molecule has 1 aromatic heterocycles.